The normalized spacial score (nSPS) is 13.4. The topological polar surface area (TPSA) is 72.5 Å². The molecule has 1 aromatic carbocycles. The lowest BCUT2D eigenvalue weighted by atomic mass is 9.97. The fraction of sp³-hybridized carbons (Fsp3) is 0.391. The summed E-state index contributed by atoms with van der Waals surface area (Å²) in [6, 6.07) is 9.20. The number of ether oxygens (including phenoxy) is 2. The number of aromatic nitrogens is 1. The number of hydrogen-bond donors (Lipinski definition) is 2. The van der Waals surface area contributed by atoms with Gasteiger partial charge in [0.1, 0.15) is 5.82 Å². The molecule has 3 rings (SSSR count). The minimum absolute atomic E-state index is 0.130. The van der Waals surface area contributed by atoms with Gasteiger partial charge in [-0.1, -0.05) is 17.7 Å². The Morgan fingerprint density at radius 3 is 2.66 bits per heavy atom. The van der Waals surface area contributed by atoms with Gasteiger partial charge in [0.15, 0.2) is 11.5 Å². The van der Waals surface area contributed by atoms with Crippen molar-refractivity contribution in [1.29, 1.82) is 0 Å². The number of anilines is 2. The van der Waals surface area contributed by atoms with Crippen molar-refractivity contribution in [2.45, 2.75) is 38.5 Å². The molecule has 1 aromatic heterocycles. The van der Waals surface area contributed by atoms with Crippen molar-refractivity contribution in [3.05, 3.63) is 53.7 Å². The predicted octanol–water partition coefficient (Wildman–Crippen LogP) is 4.58. The van der Waals surface area contributed by atoms with Crippen LogP contribution in [0.25, 0.3) is 0 Å². The van der Waals surface area contributed by atoms with E-state index in [9.17, 15) is 4.79 Å². The highest BCUT2D eigenvalue weighted by Crippen LogP contribution is 2.27. The maximum absolute atomic E-state index is 12.3. The molecule has 2 N–H and O–H groups in total. The van der Waals surface area contributed by atoms with Crippen LogP contribution in [0.15, 0.2) is 48.2 Å². The van der Waals surface area contributed by atoms with E-state index in [0.29, 0.717) is 17.3 Å². The van der Waals surface area contributed by atoms with Gasteiger partial charge in [-0.2, -0.15) is 0 Å². The first-order valence-corrected chi connectivity index (χ1v) is 10.1. The standard InChI is InChI=1S/C23H29N3O3/c1-28-20-10-8-18(14-21(20)29-2)15-23(27)26-22-11-9-19(16-25-22)24-13-12-17-6-4-3-5-7-17/h6,8-11,14,16,24H,3-5,7,12-13,15H2,1-2H3,(H,25,26,27). The zero-order valence-electron chi connectivity index (χ0n) is 17.2. The molecule has 2 aromatic rings. The number of amides is 1. The molecule has 0 aliphatic heterocycles. The zero-order valence-corrected chi connectivity index (χ0v) is 17.2. The molecule has 1 aliphatic rings. The summed E-state index contributed by atoms with van der Waals surface area (Å²) in [7, 11) is 3.16. The van der Waals surface area contributed by atoms with Gasteiger partial charge in [-0.15, -0.1) is 0 Å². The average molecular weight is 396 g/mol. The molecule has 0 spiro atoms. The van der Waals surface area contributed by atoms with Gasteiger partial charge in [-0.3, -0.25) is 4.79 Å². The van der Waals surface area contributed by atoms with Gasteiger partial charge in [0.25, 0.3) is 0 Å². The van der Waals surface area contributed by atoms with E-state index in [1.807, 2.05) is 18.2 Å². The van der Waals surface area contributed by atoms with Crippen LogP contribution < -0.4 is 20.1 Å². The molecule has 0 bridgehead atoms. The number of methoxy groups -OCH3 is 2. The number of rotatable bonds is 9. The summed E-state index contributed by atoms with van der Waals surface area (Å²) in [5.41, 5.74) is 3.35. The number of carbonyl (C=O) groups is 1. The van der Waals surface area contributed by atoms with Crippen molar-refractivity contribution < 1.29 is 14.3 Å². The molecular formula is C23H29N3O3. The van der Waals surface area contributed by atoms with Crippen LogP contribution in [0.5, 0.6) is 11.5 Å². The van der Waals surface area contributed by atoms with E-state index in [1.165, 1.54) is 25.7 Å². The molecule has 1 aliphatic carbocycles. The summed E-state index contributed by atoms with van der Waals surface area (Å²) < 4.78 is 10.5. The summed E-state index contributed by atoms with van der Waals surface area (Å²) in [4.78, 5) is 16.7. The van der Waals surface area contributed by atoms with E-state index in [-0.39, 0.29) is 12.3 Å². The third-order valence-corrected chi connectivity index (χ3v) is 5.00. The Hall–Kier alpha value is -3.02. The molecule has 1 heterocycles. The monoisotopic (exact) mass is 395 g/mol. The van der Waals surface area contributed by atoms with Crippen LogP contribution >= 0.6 is 0 Å². The highest BCUT2D eigenvalue weighted by atomic mass is 16.5. The second-order valence-electron chi connectivity index (χ2n) is 7.13. The highest BCUT2D eigenvalue weighted by molar-refractivity contribution is 5.91. The Kier molecular flexibility index (Phi) is 7.50. The summed E-state index contributed by atoms with van der Waals surface area (Å²) in [6.45, 7) is 0.901. The van der Waals surface area contributed by atoms with Crippen LogP contribution in [0.2, 0.25) is 0 Å². The van der Waals surface area contributed by atoms with Crippen LogP contribution in [0.4, 0.5) is 11.5 Å². The quantitative estimate of drug-likeness (QED) is 0.608. The van der Waals surface area contributed by atoms with Crippen molar-refractivity contribution in [2.75, 3.05) is 31.4 Å². The molecule has 1 amide bonds. The SMILES string of the molecule is COc1ccc(CC(=O)Nc2ccc(NCCC3=CCCCC3)cn2)cc1OC. The largest absolute Gasteiger partial charge is 0.493 e. The lowest BCUT2D eigenvalue weighted by Crippen LogP contribution is -2.15. The minimum atomic E-state index is -0.130. The molecule has 0 atom stereocenters. The van der Waals surface area contributed by atoms with Gasteiger partial charge >= 0.3 is 0 Å². The molecule has 0 fully saturated rings. The fourth-order valence-corrected chi connectivity index (χ4v) is 3.43. The van der Waals surface area contributed by atoms with Gasteiger partial charge < -0.3 is 20.1 Å². The van der Waals surface area contributed by atoms with Gasteiger partial charge in [0.2, 0.25) is 5.91 Å². The van der Waals surface area contributed by atoms with Crippen LogP contribution in [0.3, 0.4) is 0 Å². The summed E-state index contributed by atoms with van der Waals surface area (Å²) in [5, 5.41) is 6.23. The van der Waals surface area contributed by atoms with E-state index in [4.69, 9.17) is 9.47 Å². The van der Waals surface area contributed by atoms with Crippen LogP contribution in [-0.2, 0) is 11.2 Å². The van der Waals surface area contributed by atoms with E-state index < -0.39 is 0 Å². The Morgan fingerprint density at radius 1 is 1.10 bits per heavy atom. The number of allylic oxidation sites excluding steroid dienone is 1. The molecule has 0 radical (unpaired) electrons. The third kappa shape index (κ3) is 6.24. The van der Waals surface area contributed by atoms with Crippen molar-refractivity contribution >= 4 is 17.4 Å². The molecule has 29 heavy (non-hydrogen) atoms. The van der Waals surface area contributed by atoms with Crippen molar-refractivity contribution in [1.82, 2.24) is 4.98 Å². The number of benzene rings is 1. The van der Waals surface area contributed by atoms with Crippen LogP contribution in [0.1, 0.15) is 37.7 Å². The molecule has 6 heteroatoms. The summed E-state index contributed by atoms with van der Waals surface area (Å²) in [6.07, 6.45) is 10.5. The van der Waals surface area contributed by atoms with Crippen molar-refractivity contribution in [2.24, 2.45) is 0 Å². The lowest BCUT2D eigenvalue weighted by molar-refractivity contribution is -0.115. The number of nitrogens with zero attached hydrogens (tertiary/aromatic N) is 1. The Morgan fingerprint density at radius 2 is 1.97 bits per heavy atom. The minimum Gasteiger partial charge on any atom is -0.493 e. The first kappa shape index (κ1) is 20.7. The van der Waals surface area contributed by atoms with Crippen molar-refractivity contribution in [3.63, 3.8) is 0 Å². The first-order chi connectivity index (χ1) is 14.2. The summed E-state index contributed by atoms with van der Waals surface area (Å²) >= 11 is 0. The average Bonchev–Trinajstić information content (AvgIpc) is 2.75. The second kappa shape index (κ2) is 10.5. The van der Waals surface area contributed by atoms with Gasteiger partial charge in [0, 0.05) is 6.54 Å². The van der Waals surface area contributed by atoms with Crippen LogP contribution in [0, 0.1) is 0 Å². The zero-order chi connectivity index (χ0) is 20.5. The lowest BCUT2D eigenvalue weighted by Gasteiger charge is -2.13. The van der Waals surface area contributed by atoms with E-state index >= 15 is 0 Å². The van der Waals surface area contributed by atoms with E-state index in [2.05, 4.69) is 21.7 Å². The van der Waals surface area contributed by atoms with Gasteiger partial charge in [-0.25, -0.2) is 4.98 Å². The maximum atomic E-state index is 12.3. The number of pyridine rings is 1. The van der Waals surface area contributed by atoms with Crippen LogP contribution in [-0.4, -0.2) is 31.7 Å². The first-order valence-electron chi connectivity index (χ1n) is 10.1. The number of nitrogens with one attached hydrogen (secondary N) is 2. The predicted molar refractivity (Wildman–Crippen MR) is 116 cm³/mol. The Bertz CT molecular complexity index is 847. The Labute approximate surface area is 172 Å². The van der Waals surface area contributed by atoms with Gasteiger partial charge in [0.05, 0.1) is 32.5 Å². The highest BCUT2D eigenvalue weighted by Gasteiger charge is 2.09. The number of carbonyl (C=O) groups excluding carboxylic acids is 1. The fourth-order valence-electron chi connectivity index (χ4n) is 3.43. The smallest absolute Gasteiger partial charge is 0.229 e. The number of hydrogen-bond acceptors (Lipinski definition) is 5. The molecule has 0 saturated carbocycles. The maximum Gasteiger partial charge on any atom is 0.229 e. The second-order valence-corrected chi connectivity index (χ2v) is 7.13. The molecular weight excluding hydrogens is 366 g/mol. The molecule has 0 unspecified atom stereocenters. The van der Waals surface area contributed by atoms with Crippen molar-refractivity contribution in [3.8, 4) is 11.5 Å². The third-order valence-electron chi connectivity index (χ3n) is 5.00. The van der Waals surface area contributed by atoms with E-state index in [0.717, 1.165) is 24.2 Å². The Balaban J connectivity index is 1.47. The van der Waals surface area contributed by atoms with Gasteiger partial charge in [-0.05, 0) is 61.9 Å². The van der Waals surface area contributed by atoms with E-state index in [1.54, 1.807) is 38.1 Å². The summed E-state index contributed by atoms with van der Waals surface area (Å²) in [5.74, 6) is 1.65. The molecule has 0 saturated heterocycles. The molecule has 154 valence electrons. The molecule has 6 nitrogen and oxygen atoms in total.